The molecule has 0 radical (unpaired) electrons. The summed E-state index contributed by atoms with van der Waals surface area (Å²) in [5, 5.41) is 8.64. The van der Waals surface area contributed by atoms with Gasteiger partial charge in [0, 0.05) is 24.5 Å². The lowest BCUT2D eigenvalue weighted by Crippen LogP contribution is -2.45. The van der Waals surface area contributed by atoms with Gasteiger partial charge >= 0.3 is 0 Å². The monoisotopic (exact) mass is 379 g/mol. The van der Waals surface area contributed by atoms with Crippen LogP contribution in [-0.2, 0) is 4.74 Å². The zero-order valence-corrected chi connectivity index (χ0v) is 16.5. The predicted octanol–water partition coefficient (Wildman–Crippen LogP) is 3.56. The summed E-state index contributed by atoms with van der Waals surface area (Å²) < 4.78 is 12.0. The van der Waals surface area contributed by atoms with Crippen molar-refractivity contribution in [1.82, 2.24) is 20.2 Å². The van der Waals surface area contributed by atoms with Crippen LogP contribution in [-0.4, -0.2) is 51.1 Å². The summed E-state index contributed by atoms with van der Waals surface area (Å²) in [6, 6.07) is 8.07. The van der Waals surface area contributed by atoms with Gasteiger partial charge in [0.1, 0.15) is 29.2 Å². The Kier molecular flexibility index (Phi) is 4.01. The van der Waals surface area contributed by atoms with Gasteiger partial charge in [-0.2, -0.15) is 5.10 Å². The quantitative estimate of drug-likeness (QED) is 0.747. The number of aromatic nitrogens is 4. The van der Waals surface area contributed by atoms with Crippen LogP contribution >= 0.6 is 0 Å². The molecule has 2 aromatic heterocycles. The van der Waals surface area contributed by atoms with Crippen molar-refractivity contribution >= 4 is 16.7 Å². The van der Waals surface area contributed by atoms with E-state index < -0.39 is 0 Å². The van der Waals surface area contributed by atoms with Crippen molar-refractivity contribution in [2.75, 3.05) is 18.0 Å². The second-order valence-electron chi connectivity index (χ2n) is 8.26. The van der Waals surface area contributed by atoms with Crippen LogP contribution in [0.2, 0.25) is 0 Å². The third-order valence-corrected chi connectivity index (χ3v) is 5.49. The van der Waals surface area contributed by atoms with Crippen molar-refractivity contribution in [3.05, 3.63) is 30.6 Å². The van der Waals surface area contributed by atoms with Gasteiger partial charge < -0.3 is 14.4 Å². The Morgan fingerprint density at radius 3 is 2.68 bits per heavy atom. The molecule has 1 saturated carbocycles. The largest absolute Gasteiger partial charge is 0.488 e. The van der Waals surface area contributed by atoms with Crippen molar-refractivity contribution < 1.29 is 9.47 Å². The second kappa shape index (κ2) is 6.44. The van der Waals surface area contributed by atoms with E-state index in [-0.39, 0.29) is 17.8 Å². The lowest BCUT2D eigenvalue weighted by atomic mass is 10.1. The van der Waals surface area contributed by atoms with Crippen molar-refractivity contribution in [2.45, 2.75) is 51.4 Å². The van der Waals surface area contributed by atoms with E-state index in [0.29, 0.717) is 0 Å². The molecule has 28 heavy (non-hydrogen) atoms. The molecule has 3 aromatic rings. The van der Waals surface area contributed by atoms with E-state index in [4.69, 9.17) is 9.47 Å². The summed E-state index contributed by atoms with van der Waals surface area (Å²) in [5.41, 5.74) is 2.58. The number of fused-ring (bicyclic) bond motifs is 1. The van der Waals surface area contributed by atoms with Gasteiger partial charge in [0.2, 0.25) is 0 Å². The molecule has 0 spiro atoms. The van der Waals surface area contributed by atoms with E-state index in [9.17, 15) is 0 Å². The predicted molar refractivity (Wildman–Crippen MR) is 108 cm³/mol. The molecule has 1 saturated heterocycles. The summed E-state index contributed by atoms with van der Waals surface area (Å²) in [6.07, 6.45) is 4.18. The highest BCUT2D eigenvalue weighted by molar-refractivity contribution is 5.93. The number of benzene rings is 1. The molecule has 1 aliphatic carbocycles. The van der Waals surface area contributed by atoms with E-state index in [1.165, 1.54) is 0 Å². The number of aromatic amines is 1. The number of hydrogen-bond donors (Lipinski definition) is 1. The Balaban J connectivity index is 1.49. The molecule has 146 valence electrons. The average Bonchev–Trinajstić information content (AvgIpc) is 3.24. The summed E-state index contributed by atoms with van der Waals surface area (Å²) in [7, 11) is 0. The average molecular weight is 379 g/mol. The summed E-state index contributed by atoms with van der Waals surface area (Å²) in [6.45, 7) is 7.97. The van der Waals surface area contributed by atoms with Crippen molar-refractivity contribution in [1.29, 1.82) is 0 Å². The van der Waals surface area contributed by atoms with Crippen LogP contribution in [0.5, 0.6) is 5.75 Å². The maximum Gasteiger partial charge on any atom is 0.132 e. The lowest BCUT2D eigenvalue weighted by Gasteiger charge is -2.36. The molecule has 1 N–H and O–H groups in total. The third kappa shape index (κ3) is 3.30. The fourth-order valence-electron chi connectivity index (χ4n) is 3.83. The number of rotatable bonds is 4. The van der Waals surface area contributed by atoms with E-state index in [1.807, 2.05) is 18.2 Å². The molecule has 0 bridgehead atoms. The molecule has 1 aromatic carbocycles. The van der Waals surface area contributed by atoms with Gasteiger partial charge in [0.15, 0.2) is 0 Å². The zero-order chi connectivity index (χ0) is 19.3. The SMILES string of the molecule is CC1CN(c2cc(-c3n[nH]c4ccc(OC5(C)CC5)cc34)ncn2)C[C@H](C)O1. The van der Waals surface area contributed by atoms with Crippen LogP contribution in [0, 0.1) is 0 Å². The topological polar surface area (TPSA) is 76.2 Å². The Hall–Kier alpha value is -2.67. The number of H-pyrrole nitrogens is 1. The summed E-state index contributed by atoms with van der Waals surface area (Å²) >= 11 is 0. The molecule has 0 amide bonds. The number of ether oxygens (including phenoxy) is 2. The van der Waals surface area contributed by atoms with Gasteiger partial charge in [-0.3, -0.25) is 5.10 Å². The maximum absolute atomic E-state index is 6.13. The fourth-order valence-corrected chi connectivity index (χ4v) is 3.83. The minimum absolute atomic E-state index is 0.0105. The number of nitrogens with zero attached hydrogens (tertiary/aromatic N) is 4. The highest BCUT2D eigenvalue weighted by Gasteiger charge is 2.40. The van der Waals surface area contributed by atoms with Gasteiger partial charge in [0.25, 0.3) is 0 Å². The molecule has 2 aliphatic rings. The minimum atomic E-state index is -0.0105. The molecule has 7 nitrogen and oxygen atoms in total. The Morgan fingerprint density at radius 2 is 1.93 bits per heavy atom. The summed E-state index contributed by atoms with van der Waals surface area (Å²) in [4.78, 5) is 11.2. The van der Waals surface area contributed by atoms with Gasteiger partial charge in [-0.1, -0.05) is 0 Å². The van der Waals surface area contributed by atoms with Gasteiger partial charge in [-0.15, -0.1) is 0 Å². The normalized spacial score (nSPS) is 23.8. The highest BCUT2D eigenvalue weighted by Crippen LogP contribution is 2.40. The molecule has 2 atom stereocenters. The van der Waals surface area contributed by atoms with Crippen molar-refractivity contribution in [2.24, 2.45) is 0 Å². The Bertz CT molecular complexity index is 1000. The van der Waals surface area contributed by atoms with E-state index in [1.54, 1.807) is 6.33 Å². The third-order valence-electron chi connectivity index (χ3n) is 5.49. The molecule has 1 aliphatic heterocycles. The van der Waals surface area contributed by atoms with E-state index >= 15 is 0 Å². The first-order valence-electron chi connectivity index (χ1n) is 9.89. The Morgan fingerprint density at radius 1 is 1.14 bits per heavy atom. The summed E-state index contributed by atoms with van der Waals surface area (Å²) in [5.74, 6) is 1.78. The standard InChI is InChI=1S/C21H25N5O2/c1-13-10-26(11-14(2)27-13)19-9-18(22-12-23-19)20-16-8-15(28-21(3)6-7-21)4-5-17(16)24-25-20/h4-5,8-9,12-14H,6-7,10-11H2,1-3H3,(H,24,25)/t13-,14?/m0/s1. The first kappa shape index (κ1) is 17.4. The second-order valence-corrected chi connectivity index (χ2v) is 8.26. The molecule has 2 fully saturated rings. The number of nitrogens with one attached hydrogen (secondary N) is 1. The van der Waals surface area contributed by atoms with Gasteiger partial charge in [0.05, 0.1) is 23.4 Å². The number of morpholine rings is 1. The van der Waals surface area contributed by atoms with Gasteiger partial charge in [-0.25, -0.2) is 9.97 Å². The van der Waals surface area contributed by atoms with Crippen LogP contribution in [0.4, 0.5) is 5.82 Å². The molecule has 1 unspecified atom stereocenters. The first-order chi connectivity index (χ1) is 13.5. The van der Waals surface area contributed by atoms with E-state index in [0.717, 1.165) is 59.8 Å². The lowest BCUT2D eigenvalue weighted by molar-refractivity contribution is -0.00546. The van der Waals surface area contributed by atoms with Crippen LogP contribution in [0.25, 0.3) is 22.3 Å². The van der Waals surface area contributed by atoms with E-state index in [2.05, 4.69) is 51.9 Å². The number of hydrogen-bond acceptors (Lipinski definition) is 6. The molecule has 7 heteroatoms. The van der Waals surface area contributed by atoms with Crippen molar-refractivity contribution in [3.63, 3.8) is 0 Å². The van der Waals surface area contributed by atoms with Crippen molar-refractivity contribution in [3.8, 4) is 17.1 Å². The Labute approximate surface area is 164 Å². The zero-order valence-electron chi connectivity index (χ0n) is 16.5. The molecule has 5 rings (SSSR count). The van der Waals surface area contributed by atoms with Crippen LogP contribution in [0.3, 0.4) is 0 Å². The smallest absolute Gasteiger partial charge is 0.132 e. The molecular weight excluding hydrogens is 354 g/mol. The maximum atomic E-state index is 6.13. The van der Waals surface area contributed by atoms with Gasteiger partial charge in [-0.05, 0) is 51.8 Å². The fraction of sp³-hybridized carbons (Fsp3) is 0.476. The van der Waals surface area contributed by atoms with Crippen LogP contribution < -0.4 is 9.64 Å². The van der Waals surface area contributed by atoms with Crippen LogP contribution in [0.15, 0.2) is 30.6 Å². The van der Waals surface area contributed by atoms with Crippen LogP contribution in [0.1, 0.15) is 33.6 Å². The molecular formula is C21H25N5O2. The number of anilines is 1. The highest BCUT2D eigenvalue weighted by atomic mass is 16.5. The molecule has 3 heterocycles. The first-order valence-corrected chi connectivity index (χ1v) is 9.89. The minimum Gasteiger partial charge on any atom is -0.488 e.